The molecule has 26 heavy (non-hydrogen) atoms. The van der Waals surface area contributed by atoms with Crippen molar-refractivity contribution in [1.29, 1.82) is 0 Å². The van der Waals surface area contributed by atoms with Crippen LogP contribution < -0.4 is 0 Å². The largest absolute Gasteiger partial charge is 0.370 e. The average Bonchev–Trinajstić information content (AvgIpc) is 3.32. The summed E-state index contributed by atoms with van der Waals surface area (Å²) in [4.78, 5) is 19.3. The molecule has 2 atom stereocenters. The standard InChI is InChI=1S/C18H19N5O2S/c24-18(6-5-17-20-13-3-1-2-4-16(13)26-17)22-8-7-15-14(10-22)23-12(11-25-15)9-19-21-23/h1-4,9,14-15H,5-8,10-11H2/t14-,15-/m1/s1. The lowest BCUT2D eigenvalue weighted by Crippen LogP contribution is -2.49. The van der Waals surface area contributed by atoms with Gasteiger partial charge in [-0.05, 0) is 18.6 Å². The maximum atomic E-state index is 12.7. The molecule has 0 saturated carbocycles. The van der Waals surface area contributed by atoms with E-state index in [0.717, 1.165) is 29.2 Å². The van der Waals surface area contributed by atoms with Gasteiger partial charge in [-0.3, -0.25) is 4.79 Å². The summed E-state index contributed by atoms with van der Waals surface area (Å²) in [7, 11) is 0. The highest BCUT2D eigenvalue weighted by Gasteiger charge is 2.37. The van der Waals surface area contributed by atoms with E-state index in [1.807, 2.05) is 27.8 Å². The van der Waals surface area contributed by atoms with Crippen LogP contribution in [0.1, 0.15) is 29.6 Å². The highest BCUT2D eigenvalue weighted by molar-refractivity contribution is 7.18. The summed E-state index contributed by atoms with van der Waals surface area (Å²) < 4.78 is 9.02. The number of aromatic nitrogens is 4. The molecule has 0 unspecified atom stereocenters. The van der Waals surface area contributed by atoms with Crippen molar-refractivity contribution in [1.82, 2.24) is 24.9 Å². The molecule has 1 fully saturated rings. The highest BCUT2D eigenvalue weighted by atomic mass is 32.1. The van der Waals surface area contributed by atoms with Crippen LogP contribution in [-0.4, -0.2) is 50.0 Å². The number of piperidine rings is 1. The van der Waals surface area contributed by atoms with Crippen molar-refractivity contribution in [2.75, 3.05) is 13.1 Å². The van der Waals surface area contributed by atoms with Crippen LogP contribution in [0.4, 0.5) is 0 Å². The van der Waals surface area contributed by atoms with Crippen molar-refractivity contribution in [3.05, 3.63) is 41.2 Å². The maximum Gasteiger partial charge on any atom is 0.223 e. The molecule has 0 aliphatic carbocycles. The lowest BCUT2D eigenvalue weighted by atomic mass is 10.00. The van der Waals surface area contributed by atoms with Crippen LogP contribution >= 0.6 is 11.3 Å². The number of rotatable bonds is 3. The first-order valence-electron chi connectivity index (χ1n) is 8.91. The molecule has 0 radical (unpaired) electrons. The predicted octanol–water partition coefficient (Wildman–Crippen LogP) is 2.19. The summed E-state index contributed by atoms with van der Waals surface area (Å²) in [6.07, 6.45) is 3.88. The molecule has 134 valence electrons. The second kappa shape index (κ2) is 6.44. The number of fused-ring (bicyclic) bond motifs is 4. The Kier molecular flexibility index (Phi) is 3.94. The summed E-state index contributed by atoms with van der Waals surface area (Å²) in [6.45, 7) is 1.93. The van der Waals surface area contributed by atoms with Gasteiger partial charge in [-0.1, -0.05) is 17.3 Å². The van der Waals surface area contributed by atoms with Crippen LogP contribution in [0.5, 0.6) is 0 Å². The fourth-order valence-electron chi connectivity index (χ4n) is 3.80. The SMILES string of the molecule is O=C(CCc1nc2ccccc2s1)N1CC[C@H]2OCc3cnnn3[C@@H]2C1. The summed E-state index contributed by atoms with van der Waals surface area (Å²) in [5.74, 6) is 0.176. The Balaban J connectivity index is 1.25. The zero-order chi connectivity index (χ0) is 17.5. The zero-order valence-corrected chi connectivity index (χ0v) is 15.1. The van der Waals surface area contributed by atoms with Crippen molar-refractivity contribution in [3.8, 4) is 0 Å². The first-order chi connectivity index (χ1) is 12.8. The molecule has 7 nitrogen and oxygen atoms in total. The van der Waals surface area contributed by atoms with Crippen molar-refractivity contribution in [2.24, 2.45) is 0 Å². The van der Waals surface area contributed by atoms with Gasteiger partial charge in [0.25, 0.3) is 0 Å². The molecule has 1 amide bonds. The molecule has 3 aromatic rings. The molecule has 4 heterocycles. The molecule has 2 aliphatic rings. The monoisotopic (exact) mass is 369 g/mol. The van der Waals surface area contributed by atoms with Gasteiger partial charge in [-0.25, -0.2) is 9.67 Å². The van der Waals surface area contributed by atoms with E-state index in [1.54, 1.807) is 17.5 Å². The summed E-state index contributed by atoms with van der Waals surface area (Å²) in [5, 5.41) is 9.20. The lowest BCUT2D eigenvalue weighted by Gasteiger charge is -2.41. The number of nitrogens with zero attached hydrogens (tertiary/aromatic N) is 5. The third-order valence-electron chi connectivity index (χ3n) is 5.17. The number of likely N-dealkylation sites (tertiary alicyclic amines) is 1. The summed E-state index contributed by atoms with van der Waals surface area (Å²) >= 11 is 1.67. The predicted molar refractivity (Wildman–Crippen MR) is 96.8 cm³/mol. The Morgan fingerprint density at radius 3 is 3.19 bits per heavy atom. The number of aryl methyl sites for hydroxylation is 1. The Hall–Kier alpha value is -2.32. The third-order valence-corrected chi connectivity index (χ3v) is 6.27. The zero-order valence-electron chi connectivity index (χ0n) is 14.2. The van der Waals surface area contributed by atoms with E-state index in [2.05, 4.69) is 21.4 Å². The summed E-state index contributed by atoms with van der Waals surface area (Å²) in [5.41, 5.74) is 1.99. The second-order valence-electron chi connectivity index (χ2n) is 6.79. The van der Waals surface area contributed by atoms with Crippen LogP contribution in [0.15, 0.2) is 30.5 Å². The van der Waals surface area contributed by atoms with Gasteiger partial charge in [0.15, 0.2) is 0 Å². The highest BCUT2D eigenvalue weighted by Crippen LogP contribution is 2.30. The van der Waals surface area contributed by atoms with E-state index < -0.39 is 0 Å². The topological polar surface area (TPSA) is 73.1 Å². The number of thiazole rings is 1. The van der Waals surface area contributed by atoms with Gasteiger partial charge in [-0.2, -0.15) is 0 Å². The Morgan fingerprint density at radius 2 is 2.27 bits per heavy atom. The Bertz CT molecular complexity index is 919. The van der Waals surface area contributed by atoms with Gasteiger partial charge < -0.3 is 9.64 Å². The number of carbonyl (C=O) groups is 1. The minimum absolute atomic E-state index is 0.0707. The van der Waals surface area contributed by atoms with E-state index in [-0.39, 0.29) is 18.1 Å². The van der Waals surface area contributed by atoms with Crippen molar-refractivity contribution in [2.45, 2.75) is 38.0 Å². The molecule has 1 saturated heterocycles. The van der Waals surface area contributed by atoms with E-state index in [9.17, 15) is 4.79 Å². The number of amides is 1. The number of hydrogen-bond donors (Lipinski definition) is 0. The van der Waals surface area contributed by atoms with Gasteiger partial charge in [0.05, 0.1) is 45.9 Å². The maximum absolute atomic E-state index is 12.7. The Morgan fingerprint density at radius 1 is 1.35 bits per heavy atom. The first-order valence-corrected chi connectivity index (χ1v) is 9.72. The van der Waals surface area contributed by atoms with Gasteiger partial charge in [0.1, 0.15) is 0 Å². The van der Waals surface area contributed by atoms with Crippen molar-refractivity contribution in [3.63, 3.8) is 0 Å². The van der Waals surface area contributed by atoms with Crippen LogP contribution in [0, 0.1) is 0 Å². The molecule has 5 rings (SSSR count). The number of carbonyl (C=O) groups excluding carboxylic acids is 1. The number of benzene rings is 1. The Labute approximate surface area is 154 Å². The van der Waals surface area contributed by atoms with Crippen molar-refractivity contribution < 1.29 is 9.53 Å². The molecule has 0 spiro atoms. The van der Waals surface area contributed by atoms with Gasteiger partial charge in [-0.15, -0.1) is 16.4 Å². The van der Waals surface area contributed by atoms with E-state index in [0.29, 0.717) is 26.0 Å². The molecule has 8 heteroatoms. The van der Waals surface area contributed by atoms with Crippen LogP contribution in [0.25, 0.3) is 10.2 Å². The fraction of sp³-hybridized carbons (Fsp3) is 0.444. The van der Waals surface area contributed by atoms with Gasteiger partial charge in [0, 0.05) is 25.9 Å². The summed E-state index contributed by atoms with van der Waals surface area (Å²) in [6, 6.07) is 8.17. The van der Waals surface area contributed by atoms with Crippen LogP contribution in [0.2, 0.25) is 0 Å². The third kappa shape index (κ3) is 2.79. The van der Waals surface area contributed by atoms with Gasteiger partial charge in [0.2, 0.25) is 5.91 Å². The number of para-hydroxylation sites is 1. The molecule has 0 N–H and O–H groups in total. The normalized spacial score (nSPS) is 22.2. The van der Waals surface area contributed by atoms with Crippen molar-refractivity contribution >= 4 is 27.5 Å². The van der Waals surface area contributed by atoms with E-state index in [1.165, 1.54) is 4.70 Å². The minimum atomic E-state index is 0.0707. The lowest BCUT2D eigenvalue weighted by molar-refractivity contribution is -0.138. The number of hydrogen-bond acceptors (Lipinski definition) is 6. The quantitative estimate of drug-likeness (QED) is 0.708. The van der Waals surface area contributed by atoms with Crippen LogP contribution in [-0.2, 0) is 22.6 Å². The molecular formula is C18H19N5O2S. The molecule has 2 aliphatic heterocycles. The smallest absolute Gasteiger partial charge is 0.223 e. The number of ether oxygens (including phenoxy) is 1. The molecular weight excluding hydrogens is 350 g/mol. The van der Waals surface area contributed by atoms with Crippen LogP contribution in [0.3, 0.4) is 0 Å². The first kappa shape index (κ1) is 15.9. The molecule has 2 aromatic heterocycles. The van der Waals surface area contributed by atoms with Gasteiger partial charge >= 0.3 is 0 Å². The second-order valence-corrected chi connectivity index (χ2v) is 7.91. The minimum Gasteiger partial charge on any atom is -0.370 e. The van der Waals surface area contributed by atoms with E-state index in [4.69, 9.17) is 4.74 Å². The fourth-order valence-corrected chi connectivity index (χ4v) is 4.77. The van der Waals surface area contributed by atoms with E-state index >= 15 is 0 Å². The molecule has 1 aromatic carbocycles. The molecule has 0 bridgehead atoms. The average molecular weight is 369 g/mol.